The molecule has 0 atom stereocenters. The zero-order valence-corrected chi connectivity index (χ0v) is 27.6. The molecule has 8 aromatic carbocycles. The molecule has 0 fully saturated rings. The van der Waals surface area contributed by atoms with Crippen LogP contribution >= 0.6 is 0 Å². The normalized spacial score (nSPS) is 11.5. The van der Waals surface area contributed by atoms with E-state index in [0.717, 1.165) is 33.5 Å². The fourth-order valence-electron chi connectivity index (χ4n) is 7.40. The van der Waals surface area contributed by atoms with E-state index in [4.69, 9.17) is 15.0 Å². The number of aromatic nitrogens is 4. The Morgan fingerprint density at radius 1 is 0.314 bits per heavy atom. The number of hydrogen-bond donors (Lipinski definition) is 0. The molecule has 51 heavy (non-hydrogen) atoms. The lowest BCUT2D eigenvalue weighted by atomic mass is 10.00. The van der Waals surface area contributed by atoms with Crippen LogP contribution in [0.5, 0.6) is 0 Å². The average molecular weight is 651 g/mol. The van der Waals surface area contributed by atoms with E-state index >= 15 is 0 Å². The standard InChI is InChI=1S/C47H30N4/c1-3-12-31(13-4-1)36-18-11-19-37(30-36)47-49-45(34-16-5-2-6-17-34)48-46(50-47)35-22-26-38(27-23-35)51-41-28-24-32-14-7-9-20-39(32)43(41)44-40-21-10-8-15-33(40)25-29-42(44)51/h1-30H. The van der Waals surface area contributed by atoms with E-state index < -0.39 is 0 Å². The summed E-state index contributed by atoms with van der Waals surface area (Å²) in [4.78, 5) is 15.1. The van der Waals surface area contributed by atoms with E-state index in [0.29, 0.717) is 17.5 Å². The predicted octanol–water partition coefficient (Wildman–Crippen LogP) is 11.9. The zero-order chi connectivity index (χ0) is 33.7. The second-order valence-corrected chi connectivity index (χ2v) is 12.9. The lowest BCUT2D eigenvalue weighted by molar-refractivity contribution is 1.07. The van der Waals surface area contributed by atoms with Crippen molar-refractivity contribution in [3.8, 4) is 51.0 Å². The molecule has 0 radical (unpaired) electrons. The van der Waals surface area contributed by atoms with Crippen LogP contribution in [0.2, 0.25) is 0 Å². The summed E-state index contributed by atoms with van der Waals surface area (Å²) in [6.45, 7) is 0. The van der Waals surface area contributed by atoms with Crippen LogP contribution in [0.15, 0.2) is 182 Å². The second kappa shape index (κ2) is 11.9. The van der Waals surface area contributed by atoms with E-state index in [9.17, 15) is 0 Å². The van der Waals surface area contributed by atoms with Crippen LogP contribution < -0.4 is 0 Å². The Balaban J connectivity index is 1.14. The summed E-state index contributed by atoms with van der Waals surface area (Å²) in [5.41, 5.74) is 8.53. The molecule has 0 unspecified atom stereocenters. The molecular weight excluding hydrogens is 621 g/mol. The van der Waals surface area contributed by atoms with Gasteiger partial charge in [0.15, 0.2) is 17.5 Å². The summed E-state index contributed by atoms with van der Waals surface area (Å²) in [5, 5.41) is 7.54. The van der Waals surface area contributed by atoms with Crippen LogP contribution in [0, 0.1) is 0 Å². The maximum atomic E-state index is 5.07. The fourth-order valence-corrected chi connectivity index (χ4v) is 7.40. The van der Waals surface area contributed by atoms with Gasteiger partial charge >= 0.3 is 0 Å². The Morgan fingerprint density at radius 2 is 0.765 bits per heavy atom. The van der Waals surface area contributed by atoms with E-state index in [1.54, 1.807) is 0 Å². The highest BCUT2D eigenvalue weighted by Gasteiger charge is 2.18. The highest BCUT2D eigenvalue weighted by molar-refractivity contribution is 6.28. The van der Waals surface area contributed by atoms with Gasteiger partial charge in [0.2, 0.25) is 0 Å². The first-order valence-corrected chi connectivity index (χ1v) is 17.2. The Hall–Kier alpha value is -6.91. The largest absolute Gasteiger partial charge is 0.309 e. The summed E-state index contributed by atoms with van der Waals surface area (Å²) in [6, 6.07) is 63.9. The maximum Gasteiger partial charge on any atom is 0.164 e. The molecule has 2 heterocycles. The number of hydrogen-bond acceptors (Lipinski definition) is 3. The molecule has 0 N–H and O–H groups in total. The van der Waals surface area contributed by atoms with Crippen molar-refractivity contribution in [1.29, 1.82) is 0 Å². The molecule has 0 aliphatic carbocycles. The number of fused-ring (bicyclic) bond motifs is 7. The summed E-state index contributed by atoms with van der Waals surface area (Å²) in [7, 11) is 0. The smallest absolute Gasteiger partial charge is 0.164 e. The number of nitrogens with zero attached hydrogens (tertiary/aromatic N) is 4. The van der Waals surface area contributed by atoms with Gasteiger partial charge in [-0.2, -0.15) is 0 Å². The molecule has 238 valence electrons. The minimum atomic E-state index is 0.634. The Morgan fingerprint density at radius 3 is 1.35 bits per heavy atom. The van der Waals surface area contributed by atoms with E-state index in [-0.39, 0.29) is 0 Å². The van der Waals surface area contributed by atoms with Crippen LogP contribution in [0.4, 0.5) is 0 Å². The van der Waals surface area contributed by atoms with Gasteiger partial charge in [-0.3, -0.25) is 0 Å². The first-order valence-electron chi connectivity index (χ1n) is 17.2. The van der Waals surface area contributed by atoms with Gasteiger partial charge in [0.25, 0.3) is 0 Å². The molecule has 0 bridgehead atoms. The van der Waals surface area contributed by atoms with E-state index in [1.165, 1.54) is 43.4 Å². The summed E-state index contributed by atoms with van der Waals surface area (Å²) in [5.74, 6) is 1.92. The lowest BCUT2D eigenvalue weighted by Gasteiger charge is -2.11. The second-order valence-electron chi connectivity index (χ2n) is 12.9. The summed E-state index contributed by atoms with van der Waals surface area (Å²) in [6.07, 6.45) is 0. The molecule has 0 saturated heterocycles. The van der Waals surface area contributed by atoms with Crippen LogP contribution in [0.3, 0.4) is 0 Å². The predicted molar refractivity (Wildman–Crippen MR) is 211 cm³/mol. The van der Waals surface area contributed by atoms with Crippen molar-refractivity contribution in [2.24, 2.45) is 0 Å². The molecule has 0 amide bonds. The molecule has 0 aliphatic heterocycles. The number of rotatable bonds is 5. The first-order chi connectivity index (χ1) is 25.3. The molecule has 0 spiro atoms. The van der Waals surface area contributed by atoms with Crippen LogP contribution in [0.1, 0.15) is 0 Å². The van der Waals surface area contributed by atoms with Gasteiger partial charge in [0.1, 0.15) is 0 Å². The lowest BCUT2D eigenvalue weighted by Crippen LogP contribution is -2.00. The van der Waals surface area contributed by atoms with Crippen molar-refractivity contribution in [3.05, 3.63) is 182 Å². The van der Waals surface area contributed by atoms with Crippen molar-refractivity contribution >= 4 is 43.4 Å². The Kier molecular flexibility index (Phi) is 6.78. The zero-order valence-electron chi connectivity index (χ0n) is 27.6. The van der Waals surface area contributed by atoms with Gasteiger partial charge in [-0.1, -0.05) is 140 Å². The van der Waals surface area contributed by atoms with Crippen molar-refractivity contribution in [1.82, 2.24) is 19.5 Å². The monoisotopic (exact) mass is 650 g/mol. The van der Waals surface area contributed by atoms with Gasteiger partial charge in [0.05, 0.1) is 11.0 Å². The Labute approximate surface area is 295 Å². The minimum Gasteiger partial charge on any atom is -0.309 e. The van der Waals surface area contributed by atoms with Gasteiger partial charge in [-0.15, -0.1) is 0 Å². The molecule has 0 aliphatic rings. The maximum absolute atomic E-state index is 5.07. The molecule has 4 heteroatoms. The third-order valence-corrected chi connectivity index (χ3v) is 9.82. The molecule has 10 rings (SSSR count). The molecule has 4 nitrogen and oxygen atoms in total. The van der Waals surface area contributed by atoms with Crippen molar-refractivity contribution in [2.75, 3.05) is 0 Å². The Bertz CT molecular complexity index is 2800. The first kappa shape index (κ1) is 29.0. The van der Waals surface area contributed by atoms with Gasteiger partial charge < -0.3 is 4.57 Å². The molecule has 10 aromatic rings. The molecular formula is C47H30N4. The SMILES string of the molecule is c1ccc(-c2cccc(-c3nc(-c4ccccc4)nc(-c4ccc(-n5c6ccc7ccccc7c6c6c7ccccc7ccc65)cc4)n3)c2)cc1. The minimum absolute atomic E-state index is 0.634. The number of benzene rings is 8. The van der Waals surface area contributed by atoms with Crippen molar-refractivity contribution in [3.63, 3.8) is 0 Å². The highest BCUT2D eigenvalue weighted by Crippen LogP contribution is 2.40. The molecule has 0 saturated carbocycles. The topological polar surface area (TPSA) is 43.6 Å². The third kappa shape index (κ3) is 4.96. The van der Waals surface area contributed by atoms with E-state index in [2.05, 4.69) is 150 Å². The summed E-state index contributed by atoms with van der Waals surface area (Å²) >= 11 is 0. The quantitative estimate of drug-likeness (QED) is 0.186. The van der Waals surface area contributed by atoms with Gasteiger partial charge in [-0.25, -0.2) is 15.0 Å². The third-order valence-electron chi connectivity index (χ3n) is 9.82. The van der Waals surface area contributed by atoms with Crippen LogP contribution in [0.25, 0.3) is 94.3 Å². The van der Waals surface area contributed by atoms with Crippen LogP contribution in [-0.2, 0) is 0 Å². The average Bonchev–Trinajstić information content (AvgIpc) is 3.57. The highest BCUT2D eigenvalue weighted by atomic mass is 15.0. The van der Waals surface area contributed by atoms with Crippen molar-refractivity contribution in [2.45, 2.75) is 0 Å². The van der Waals surface area contributed by atoms with Crippen molar-refractivity contribution < 1.29 is 0 Å². The van der Waals surface area contributed by atoms with E-state index in [1.807, 2.05) is 36.4 Å². The molecule has 2 aromatic heterocycles. The van der Waals surface area contributed by atoms with Gasteiger partial charge in [0, 0.05) is 33.2 Å². The van der Waals surface area contributed by atoms with Crippen LogP contribution in [-0.4, -0.2) is 19.5 Å². The van der Waals surface area contributed by atoms with Gasteiger partial charge in [-0.05, 0) is 75.1 Å². The summed E-state index contributed by atoms with van der Waals surface area (Å²) < 4.78 is 2.39. The fraction of sp³-hybridized carbons (Fsp3) is 0.